The smallest absolute Gasteiger partial charge is 0.221 e. The van der Waals surface area contributed by atoms with Crippen LogP contribution in [0.5, 0.6) is 0 Å². The van der Waals surface area contributed by atoms with Crippen LogP contribution in [0.4, 0.5) is 0 Å². The number of amides is 1. The van der Waals surface area contributed by atoms with Crippen molar-refractivity contribution in [3.05, 3.63) is 0 Å². The molecule has 2 N–H and O–H groups in total. The summed E-state index contributed by atoms with van der Waals surface area (Å²) in [6.45, 7) is 5.45. The Morgan fingerprint density at radius 1 is 1.41 bits per heavy atom. The monoisotopic (exact) mass is 242 g/mol. The van der Waals surface area contributed by atoms with Crippen LogP contribution >= 0.6 is 0 Å². The van der Waals surface area contributed by atoms with Crippen molar-refractivity contribution >= 4 is 5.91 Å². The molecule has 0 saturated carbocycles. The van der Waals surface area contributed by atoms with Crippen LogP contribution in [-0.2, 0) is 9.53 Å². The number of carbonyl (C=O) groups is 1. The fourth-order valence-electron chi connectivity index (χ4n) is 2.04. The second-order valence-corrected chi connectivity index (χ2v) is 4.67. The molecule has 1 aliphatic heterocycles. The summed E-state index contributed by atoms with van der Waals surface area (Å²) in [6, 6.07) is 0.389. The molecule has 1 rings (SSSR count). The van der Waals surface area contributed by atoms with E-state index in [1.165, 1.54) is 12.8 Å². The van der Waals surface area contributed by atoms with Gasteiger partial charge in [0.15, 0.2) is 0 Å². The van der Waals surface area contributed by atoms with Gasteiger partial charge < -0.3 is 15.4 Å². The van der Waals surface area contributed by atoms with Gasteiger partial charge in [-0.3, -0.25) is 4.79 Å². The van der Waals surface area contributed by atoms with Crippen LogP contribution < -0.4 is 10.6 Å². The molecule has 1 amide bonds. The van der Waals surface area contributed by atoms with Crippen molar-refractivity contribution in [2.45, 2.75) is 51.5 Å². The van der Waals surface area contributed by atoms with Crippen LogP contribution in [0, 0.1) is 0 Å². The third-order valence-electron chi connectivity index (χ3n) is 2.98. The molecule has 1 unspecified atom stereocenters. The van der Waals surface area contributed by atoms with Crippen molar-refractivity contribution in [2.24, 2.45) is 0 Å². The van der Waals surface area contributed by atoms with E-state index in [1.807, 2.05) is 0 Å². The third-order valence-corrected chi connectivity index (χ3v) is 2.98. The van der Waals surface area contributed by atoms with E-state index in [-0.39, 0.29) is 5.91 Å². The van der Waals surface area contributed by atoms with Crippen LogP contribution in [0.3, 0.4) is 0 Å². The number of ether oxygens (including phenoxy) is 1. The van der Waals surface area contributed by atoms with E-state index in [2.05, 4.69) is 17.6 Å². The minimum atomic E-state index is 0.167. The maximum absolute atomic E-state index is 11.6. The number of nitrogens with one attached hydrogen (secondary N) is 2. The molecule has 0 aromatic carbocycles. The van der Waals surface area contributed by atoms with E-state index in [0.717, 1.165) is 45.6 Å². The molecule has 0 aromatic heterocycles. The van der Waals surface area contributed by atoms with E-state index in [9.17, 15) is 4.79 Å². The molecule has 100 valence electrons. The van der Waals surface area contributed by atoms with Gasteiger partial charge in [0.05, 0.1) is 0 Å². The quantitative estimate of drug-likeness (QED) is 0.633. The zero-order valence-corrected chi connectivity index (χ0v) is 11.0. The van der Waals surface area contributed by atoms with Gasteiger partial charge in [0.1, 0.15) is 0 Å². The number of hydrogen-bond donors (Lipinski definition) is 2. The molecule has 0 radical (unpaired) electrons. The zero-order chi connectivity index (χ0) is 12.3. The maximum atomic E-state index is 11.6. The highest BCUT2D eigenvalue weighted by Gasteiger charge is 2.15. The van der Waals surface area contributed by atoms with Gasteiger partial charge in [-0.15, -0.1) is 0 Å². The molecule has 1 aliphatic rings. The first-order chi connectivity index (χ1) is 8.33. The van der Waals surface area contributed by atoms with E-state index < -0.39 is 0 Å². The normalized spacial score (nSPS) is 20.2. The predicted octanol–water partition coefficient (Wildman–Crippen LogP) is 1.45. The van der Waals surface area contributed by atoms with Crippen molar-refractivity contribution in [1.82, 2.24) is 10.6 Å². The zero-order valence-electron chi connectivity index (χ0n) is 11.0. The molecule has 0 spiro atoms. The van der Waals surface area contributed by atoms with Crippen molar-refractivity contribution in [3.63, 3.8) is 0 Å². The Kier molecular flexibility index (Phi) is 8.01. The Hall–Kier alpha value is -0.610. The van der Waals surface area contributed by atoms with Gasteiger partial charge in [-0.1, -0.05) is 13.3 Å². The summed E-state index contributed by atoms with van der Waals surface area (Å²) in [5.74, 6) is 0.167. The lowest BCUT2D eigenvalue weighted by atomic mass is 10.0. The molecule has 17 heavy (non-hydrogen) atoms. The van der Waals surface area contributed by atoms with Crippen molar-refractivity contribution in [1.29, 1.82) is 0 Å². The third kappa shape index (κ3) is 7.34. The van der Waals surface area contributed by atoms with Gasteiger partial charge >= 0.3 is 0 Å². The van der Waals surface area contributed by atoms with Crippen LogP contribution in [-0.4, -0.2) is 38.3 Å². The topological polar surface area (TPSA) is 50.4 Å². The van der Waals surface area contributed by atoms with E-state index >= 15 is 0 Å². The first kappa shape index (κ1) is 14.5. The number of hydrogen-bond acceptors (Lipinski definition) is 3. The summed E-state index contributed by atoms with van der Waals surface area (Å²) in [6.07, 6.45) is 6.20. The molecular formula is C13H26N2O2. The summed E-state index contributed by atoms with van der Waals surface area (Å²) >= 11 is 0. The summed E-state index contributed by atoms with van der Waals surface area (Å²) in [5, 5.41) is 6.33. The van der Waals surface area contributed by atoms with Gasteiger partial charge in [-0.25, -0.2) is 0 Å². The van der Waals surface area contributed by atoms with Gasteiger partial charge in [-0.2, -0.15) is 0 Å². The first-order valence-corrected chi connectivity index (χ1v) is 6.90. The molecule has 0 bridgehead atoms. The SMILES string of the molecule is CCCOCCCNC(=O)CC1CCCCN1. The Morgan fingerprint density at radius 2 is 2.29 bits per heavy atom. The Labute approximate surface area is 104 Å². The summed E-state index contributed by atoms with van der Waals surface area (Å²) in [7, 11) is 0. The Balaban J connectivity index is 1.93. The molecule has 1 atom stereocenters. The molecule has 1 saturated heterocycles. The number of carbonyl (C=O) groups excluding carboxylic acids is 1. The fraction of sp³-hybridized carbons (Fsp3) is 0.923. The first-order valence-electron chi connectivity index (χ1n) is 6.90. The average molecular weight is 242 g/mol. The lowest BCUT2D eigenvalue weighted by Crippen LogP contribution is -2.39. The van der Waals surface area contributed by atoms with E-state index in [1.54, 1.807) is 0 Å². The predicted molar refractivity (Wildman–Crippen MR) is 69.0 cm³/mol. The lowest BCUT2D eigenvalue weighted by molar-refractivity contribution is -0.121. The largest absolute Gasteiger partial charge is 0.381 e. The minimum absolute atomic E-state index is 0.167. The van der Waals surface area contributed by atoms with E-state index in [0.29, 0.717) is 12.5 Å². The second kappa shape index (κ2) is 9.42. The summed E-state index contributed by atoms with van der Waals surface area (Å²) < 4.78 is 5.35. The van der Waals surface area contributed by atoms with Gasteiger partial charge in [0, 0.05) is 32.2 Å². The molecule has 1 heterocycles. The molecular weight excluding hydrogens is 216 g/mol. The summed E-state index contributed by atoms with van der Waals surface area (Å²) in [5.41, 5.74) is 0. The molecule has 4 heteroatoms. The molecule has 0 aromatic rings. The van der Waals surface area contributed by atoms with Crippen LogP contribution in [0.1, 0.15) is 45.4 Å². The highest BCUT2D eigenvalue weighted by Crippen LogP contribution is 2.09. The van der Waals surface area contributed by atoms with Crippen LogP contribution in [0.2, 0.25) is 0 Å². The highest BCUT2D eigenvalue weighted by atomic mass is 16.5. The van der Waals surface area contributed by atoms with Crippen molar-refractivity contribution in [2.75, 3.05) is 26.3 Å². The average Bonchev–Trinajstić information content (AvgIpc) is 2.35. The number of piperidine rings is 1. The van der Waals surface area contributed by atoms with Crippen molar-refractivity contribution < 1.29 is 9.53 Å². The second-order valence-electron chi connectivity index (χ2n) is 4.67. The Bertz CT molecular complexity index is 204. The fourth-order valence-corrected chi connectivity index (χ4v) is 2.04. The van der Waals surface area contributed by atoms with Crippen LogP contribution in [0.15, 0.2) is 0 Å². The lowest BCUT2D eigenvalue weighted by Gasteiger charge is -2.22. The van der Waals surface area contributed by atoms with Gasteiger partial charge in [0.2, 0.25) is 5.91 Å². The molecule has 1 fully saturated rings. The Morgan fingerprint density at radius 3 is 3.00 bits per heavy atom. The van der Waals surface area contributed by atoms with E-state index in [4.69, 9.17) is 4.74 Å². The van der Waals surface area contributed by atoms with Crippen LogP contribution in [0.25, 0.3) is 0 Å². The summed E-state index contributed by atoms with van der Waals surface area (Å²) in [4.78, 5) is 11.6. The maximum Gasteiger partial charge on any atom is 0.221 e. The van der Waals surface area contributed by atoms with Gasteiger partial charge in [0.25, 0.3) is 0 Å². The number of rotatable bonds is 8. The molecule has 0 aliphatic carbocycles. The van der Waals surface area contributed by atoms with Gasteiger partial charge in [-0.05, 0) is 32.2 Å². The standard InChI is InChI=1S/C13H26N2O2/c1-2-9-17-10-5-8-15-13(16)11-12-6-3-4-7-14-12/h12,14H,2-11H2,1H3,(H,15,16). The highest BCUT2D eigenvalue weighted by molar-refractivity contribution is 5.76. The minimum Gasteiger partial charge on any atom is -0.381 e. The molecule has 4 nitrogen and oxygen atoms in total. The van der Waals surface area contributed by atoms with Crippen molar-refractivity contribution in [3.8, 4) is 0 Å².